The number of hydrogen-bond donors (Lipinski definition) is 1. The van der Waals surface area contributed by atoms with Gasteiger partial charge in [-0.05, 0) is 25.1 Å². The van der Waals surface area contributed by atoms with E-state index in [9.17, 15) is 4.79 Å². The number of nitrogen functional groups attached to an aromatic ring is 1. The molecule has 0 atom stereocenters. The summed E-state index contributed by atoms with van der Waals surface area (Å²) in [7, 11) is 0. The Balaban J connectivity index is 2.29. The molecule has 2 heterocycles. The molecular formula is C13H10N2O2S. The summed E-state index contributed by atoms with van der Waals surface area (Å²) >= 11 is 1.30. The van der Waals surface area contributed by atoms with Crippen LogP contribution in [-0.4, -0.2) is 4.98 Å². The number of fused-ring (bicyclic) bond motifs is 1. The Morgan fingerprint density at radius 3 is 2.89 bits per heavy atom. The van der Waals surface area contributed by atoms with Crippen LogP contribution in [0.2, 0.25) is 0 Å². The van der Waals surface area contributed by atoms with Crippen LogP contribution in [0.25, 0.3) is 22.2 Å². The third kappa shape index (κ3) is 1.78. The topological polar surface area (TPSA) is 69.1 Å². The molecule has 1 aromatic carbocycles. The smallest absolute Gasteiger partial charge is 0.345 e. The Bertz CT molecular complexity index is 789. The van der Waals surface area contributed by atoms with Crippen molar-refractivity contribution >= 4 is 27.4 Å². The molecular weight excluding hydrogens is 248 g/mol. The van der Waals surface area contributed by atoms with E-state index in [0.29, 0.717) is 22.0 Å². The number of rotatable bonds is 1. The Hall–Kier alpha value is -2.14. The second kappa shape index (κ2) is 3.96. The van der Waals surface area contributed by atoms with Crippen LogP contribution in [0.1, 0.15) is 5.56 Å². The van der Waals surface area contributed by atoms with E-state index >= 15 is 0 Å². The molecule has 0 amide bonds. The van der Waals surface area contributed by atoms with Gasteiger partial charge >= 0.3 is 5.63 Å². The van der Waals surface area contributed by atoms with Gasteiger partial charge in [-0.1, -0.05) is 11.6 Å². The van der Waals surface area contributed by atoms with Crippen LogP contribution in [-0.2, 0) is 0 Å². The average molecular weight is 258 g/mol. The molecule has 3 rings (SSSR count). The summed E-state index contributed by atoms with van der Waals surface area (Å²) in [6.07, 6.45) is 0. The largest absolute Gasteiger partial charge is 0.422 e. The number of nitrogens with zero attached hydrogens (tertiary/aromatic N) is 1. The van der Waals surface area contributed by atoms with E-state index in [1.54, 1.807) is 17.5 Å². The molecule has 0 radical (unpaired) electrons. The third-order valence-corrected chi connectivity index (χ3v) is 3.36. The van der Waals surface area contributed by atoms with E-state index in [4.69, 9.17) is 10.2 Å². The first-order valence-electron chi connectivity index (χ1n) is 5.39. The van der Waals surface area contributed by atoms with Gasteiger partial charge in [0.05, 0.1) is 11.3 Å². The molecule has 5 heteroatoms. The summed E-state index contributed by atoms with van der Waals surface area (Å²) in [6.45, 7) is 1.99. The molecule has 0 saturated heterocycles. The van der Waals surface area contributed by atoms with Gasteiger partial charge < -0.3 is 10.2 Å². The lowest BCUT2D eigenvalue weighted by Crippen LogP contribution is -2.03. The zero-order valence-electron chi connectivity index (χ0n) is 9.64. The van der Waals surface area contributed by atoms with Crippen molar-refractivity contribution in [3.63, 3.8) is 0 Å². The standard InChI is InChI=1S/C13H10N2O2S/c1-7-2-3-11-8(4-7)5-9(12(16)17-11)10-6-18-13(14)15-10/h2-6H,1H3,(H2,14,15). The highest BCUT2D eigenvalue weighted by molar-refractivity contribution is 7.13. The lowest BCUT2D eigenvalue weighted by Gasteiger charge is -2.00. The summed E-state index contributed by atoms with van der Waals surface area (Å²) in [4.78, 5) is 16.0. The zero-order chi connectivity index (χ0) is 12.7. The maximum atomic E-state index is 11.9. The van der Waals surface area contributed by atoms with E-state index in [2.05, 4.69) is 4.98 Å². The highest BCUT2D eigenvalue weighted by Crippen LogP contribution is 2.24. The molecule has 0 bridgehead atoms. The summed E-state index contributed by atoms with van der Waals surface area (Å²) < 4.78 is 5.28. The lowest BCUT2D eigenvalue weighted by molar-refractivity contribution is 0.563. The number of thiazole rings is 1. The lowest BCUT2D eigenvalue weighted by atomic mass is 10.1. The van der Waals surface area contributed by atoms with Gasteiger partial charge in [0, 0.05) is 10.8 Å². The average Bonchev–Trinajstić information content (AvgIpc) is 2.75. The molecule has 0 aliphatic heterocycles. The maximum absolute atomic E-state index is 11.9. The Morgan fingerprint density at radius 2 is 2.17 bits per heavy atom. The van der Waals surface area contributed by atoms with E-state index < -0.39 is 5.63 Å². The molecule has 0 spiro atoms. The second-order valence-corrected chi connectivity index (χ2v) is 4.95. The highest BCUT2D eigenvalue weighted by Gasteiger charge is 2.10. The molecule has 3 aromatic rings. The minimum absolute atomic E-state index is 0.392. The van der Waals surface area contributed by atoms with Gasteiger partial charge in [-0.15, -0.1) is 11.3 Å². The molecule has 0 unspecified atom stereocenters. The van der Waals surface area contributed by atoms with Crippen molar-refractivity contribution < 1.29 is 4.42 Å². The minimum Gasteiger partial charge on any atom is -0.422 e. The van der Waals surface area contributed by atoms with Crippen LogP contribution in [0, 0.1) is 6.92 Å². The normalized spacial score (nSPS) is 10.9. The van der Waals surface area contributed by atoms with Gasteiger partial charge in [-0.2, -0.15) is 0 Å². The number of nitrogens with two attached hydrogens (primary N) is 1. The van der Waals surface area contributed by atoms with Crippen molar-refractivity contribution in [3.8, 4) is 11.3 Å². The van der Waals surface area contributed by atoms with E-state index in [-0.39, 0.29) is 0 Å². The third-order valence-electron chi connectivity index (χ3n) is 2.69. The van der Waals surface area contributed by atoms with Crippen LogP contribution >= 0.6 is 11.3 Å². The van der Waals surface area contributed by atoms with Crippen LogP contribution in [0.4, 0.5) is 5.13 Å². The monoisotopic (exact) mass is 258 g/mol. The molecule has 0 saturated carbocycles. The fraction of sp³-hybridized carbons (Fsp3) is 0.0769. The molecule has 90 valence electrons. The van der Waals surface area contributed by atoms with E-state index in [1.165, 1.54) is 11.3 Å². The molecule has 18 heavy (non-hydrogen) atoms. The Labute approximate surface area is 107 Å². The first-order valence-corrected chi connectivity index (χ1v) is 6.27. The number of benzene rings is 1. The van der Waals surface area contributed by atoms with Crippen LogP contribution in [0.5, 0.6) is 0 Å². The summed E-state index contributed by atoms with van der Waals surface area (Å²) in [5.41, 5.74) is 7.89. The predicted molar refractivity (Wildman–Crippen MR) is 72.7 cm³/mol. The van der Waals surface area contributed by atoms with Crippen molar-refractivity contribution in [2.75, 3.05) is 5.73 Å². The summed E-state index contributed by atoms with van der Waals surface area (Å²) in [6, 6.07) is 7.47. The van der Waals surface area contributed by atoms with Gasteiger partial charge in [-0.3, -0.25) is 0 Å². The van der Waals surface area contributed by atoms with Crippen molar-refractivity contribution in [2.45, 2.75) is 6.92 Å². The fourth-order valence-corrected chi connectivity index (χ4v) is 2.40. The quantitative estimate of drug-likeness (QED) is 0.681. The van der Waals surface area contributed by atoms with Crippen molar-refractivity contribution in [1.29, 1.82) is 0 Å². The molecule has 2 N–H and O–H groups in total. The second-order valence-electron chi connectivity index (χ2n) is 4.06. The van der Waals surface area contributed by atoms with Crippen LogP contribution in [0.3, 0.4) is 0 Å². The van der Waals surface area contributed by atoms with Crippen molar-refractivity contribution in [2.24, 2.45) is 0 Å². The molecule has 2 aromatic heterocycles. The molecule has 0 aliphatic carbocycles. The number of aryl methyl sites for hydroxylation is 1. The van der Waals surface area contributed by atoms with Crippen molar-refractivity contribution in [3.05, 3.63) is 45.6 Å². The molecule has 4 nitrogen and oxygen atoms in total. The van der Waals surface area contributed by atoms with Crippen molar-refractivity contribution in [1.82, 2.24) is 4.98 Å². The zero-order valence-corrected chi connectivity index (χ0v) is 10.5. The van der Waals surface area contributed by atoms with Gasteiger partial charge in [0.1, 0.15) is 5.58 Å². The Morgan fingerprint density at radius 1 is 1.33 bits per heavy atom. The number of anilines is 1. The predicted octanol–water partition coefficient (Wildman–Crippen LogP) is 2.81. The first-order chi connectivity index (χ1) is 8.63. The minimum atomic E-state index is -0.392. The SMILES string of the molecule is Cc1ccc2oc(=O)c(-c3csc(N)n3)cc2c1. The van der Waals surface area contributed by atoms with Gasteiger partial charge in [-0.25, -0.2) is 9.78 Å². The summed E-state index contributed by atoms with van der Waals surface area (Å²) in [5, 5.41) is 3.08. The van der Waals surface area contributed by atoms with Gasteiger partial charge in [0.25, 0.3) is 0 Å². The Kier molecular flexibility index (Phi) is 2.41. The molecule has 0 fully saturated rings. The summed E-state index contributed by atoms with van der Waals surface area (Å²) in [5.74, 6) is 0. The van der Waals surface area contributed by atoms with E-state index in [0.717, 1.165) is 10.9 Å². The molecule has 0 aliphatic rings. The van der Waals surface area contributed by atoms with Crippen LogP contribution in [0.15, 0.2) is 38.9 Å². The van der Waals surface area contributed by atoms with Gasteiger partial charge in [0.15, 0.2) is 5.13 Å². The highest BCUT2D eigenvalue weighted by atomic mass is 32.1. The number of aromatic nitrogens is 1. The number of hydrogen-bond acceptors (Lipinski definition) is 5. The fourth-order valence-electron chi connectivity index (χ4n) is 1.83. The van der Waals surface area contributed by atoms with Gasteiger partial charge in [0.2, 0.25) is 0 Å². The van der Waals surface area contributed by atoms with E-state index in [1.807, 2.05) is 19.1 Å². The van der Waals surface area contributed by atoms with Crippen LogP contribution < -0.4 is 11.4 Å². The first kappa shape index (κ1) is 11.0. The maximum Gasteiger partial charge on any atom is 0.345 e.